The van der Waals surface area contributed by atoms with Crippen molar-refractivity contribution in [2.75, 3.05) is 33.2 Å². The second-order valence-corrected chi connectivity index (χ2v) is 25.0. The highest BCUT2D eigenvalue weighted by Crippen LogP contribution is 2.29. The van der Waals surface area contributed by atoms with E-state index in [0.717, 1.165) is 17.4 Å². The van der Waals surface area contributed by atoms with Gasteiger partial charge in [0.2, 0.25) is 41.3 Å². The Morgan fingerprint density at radius 2 is 1.52 bits per heavy atom. The molecule has 8 amide bonds. The summed E-state index contributed by atoms with van der Waals surface area (Å²) in [6.45, 7) is 11.0. The Labute approximate surface area is 567 Å². The van der Waals surface area contributed by atoms with Crippen LogP contribution in [0.5, 0.6) is 5.75 Å². The summed E-state index contributed by atoms with van der Waals surface area (Å²) in [5, 5.41) is 31.2. The minimum atomic E-state index is -1.68. The molecule has 27 nitrogen and oxygen atoms in total. The van der Waals surface area contributed by atoms with Crippen molar-refractivity contribution in [1.82, 2.24) is 50.8 Å². The lowest BCUT2D eigenvalue weighted by molar-refractivity contribution is -0.157. The van der Waals surface area contributed by atoms with Crippen molar-refractivity contribution in [1.29, 1.82) is 0 Å². The Hall–Kier alpha value is -10.4. The molecule has 0 radical (unpaired) electrons. The number of hydrogen-bond donors (Lipinski definition) is 6. The molecule has 3 saturated heterocycles. The molecule has 1 unspecified atom stereocenters. The molecular weight excluding hydrogens is 1260 g/mol. The predicted molar refractivity (Wildman–Crippen MR) is 352 cm³/mol. The fourth-order valence-corrected chi connectivity index (χ4v) is 12.2. The molecule has 5 aliphatic rings. The second-order valence-electron chi connectivity index (χ2n) is 25.0. The van der Waals surface area contributed by atoms with Gasteiger partial charge in [0, 0.05) is 71.0 Å². The van der Waals surface area contributed by atoms with Crippen LogP contribution in [0.1, 0.15) is 131 Å². The fraction of sp³-hybridized carbons (Fsp3) is 0.437. The molecule has 0 spiro atoms. The molecule has 2 aromatic heterocycles. The maximum absolute atomic E-state index is 14.8. The van der Waals surface area contributed by atoms with Crippen LogP contribution in [-0.4, -0.2) is 192 Å². The van der Waals surface area contributed by atoms with Crippen molar-refractivity contribution < 1.29 is 81.6 Å². The molecule has 9 rings (SSSR count). The molecule has 6 N–H and O–H groups in total. The number of benzene rings is 2. The van der Waals surface area contributed by atoms with Gasteiger partial charge in [-0.05, 0) is 74.8 Å². The van der Waals surface area contributed by atoms with Gasteiger partial charge in [0.25, 0.3) is 11.8 Å². The highest BCUT2D eigenvalue weighted by molar-refractivity contribution is 6.02. The third kappa shape index (κ3) is 18.8. The summed E-state index contributed by atoms with van der Waals surface area (Å²) in [6, 6.07) is 11.7. The van der Waals surface area contributed by atoms with Crippen LogP contribution in [0.25, 0.3) is 0 Å². The Kier molecular flexibility index (Phi) is 25.4. The van der Waals surface area contributed by atoms with Crippen LogP contribution in [0.3, 0.4) is 0 Å². The summed E-state index contributed by atoms with van der Waals surface area (Å²) in [5.41, 5.74) is 1.37. The molecule has 4 aromatic rings. The number of rotatable bonds is 7. The number of piperidine rings is 1. The van der Waals surface area contributed by atoms with E-state index in [-0.39, 0.29) is 123 Å². The normalized spacial score (nSPS) is 26.7. The summed E-state index contributed by atoms with van der Waals surface area (Å²) < 4.78 is 17.0. The molecule has 7 heterocycles. The number of ketones is 2. The van der Waals surface area contributed by atoms with Crippen LogP contribution < -0.4 is 21.3 Å². The van der Waals surface area contributed by atoms with E-state index in [1.165, 1.54) is 58.0 Å². The quantitative estimate of drug-likeness (QED) is 0.143. The number of Topliss-reactive ketones (excluding diaryl/α,β-unsaturated/α-hetero) is 2. The number of oxazole rings is 1. The number of nitrogens with one attached hydrogen (secondary N) is 4. The van der Waals surface area contributed by atoms with Crippen molar-refractivity contribution in [3.8, 4) is 5.75 Å². The van der Waals surface area contributed by atoms with Crippen molar-refractivity contribution in [3.63, 3.8) is 0 Å². The zero-order valence-corrected chi connectivity index (χ0v) is 55.8. The number of esters is 2. The van der Waals surface area contributed by atoms with Crippen LogP contribution in [0.15, 0.2) is 137 Å². The van der Waals surface area contributed by atoms with Crippen molar-refractivity contribution in [2.24, 2.45) is 11.8 Å². The average Bonchev–Trinajstić information content (AvgIpc) is 1.08. The number of aromatic nitrogens is 2. The number of aromatic hydroxyl groups is 1. The lowest BCUT2D eigenvalue weighted by Crippen LogP contribution is -2.61. The fourth-order valence-electron chi connectivity index (χ4n) is 12.2. The van der Waals surface area contributed by atoms with Gasteiger partial charge in [0.1, 0.15) is 71.7 Å². The molecule has 10 atom stereocenters. The summed E-state index contributed by atoms with van der Waals surface area (Å²) in [6.07, 6.45) is 9.72. The molecule has 2 bridgehead atoms. The number of ether oxygens (including phenoxy) is 2. The Bertz CT molecular complexity index is 3750. The first-order valence-corrected chi connectivity index (χ1v) is 32.8. The molecule has 3 fully saturated rings. The Morgan fingerprint density at radius 3 is 2.22 bits per heavy atom. The Morgan fingerprint density at radius 1 is 0.806 bits per heavy atom. The summed E-state index contributed by atoms with van der Waals surface area (Å²) >= 11 is 0. The van der Waals surface area contributed by atoms with E-state index in [1.807, 2.05) is 26.8 Å². The maximum atomic E-state index is 14.8. The van der Waals surface area contributed by atoms with Gasteiger partial charge < -0.3 is 65.0 Å². The zero-order chi connectivity index (χ0) is 70.9. The van der Waals surface area contributed by atoms with Crippen molar-refractivity contribution in [2.45, 2.75) is 154 Å². The number of amides is 8. The average molecular weight is 1350 g/mol. The van der Waals surface area contributed by atoms with E-state index >= 15 is 0 Å². The number of aliphatic hydroxyl groups excluding tert-OH is 1. The number of nitrogens with zero attached hydrogens (tertiary/aromatic N) is 6. The largest absolute Gasteiger partial charge is 0.505 e. The SMILES string of the molecule is CC1=C/[C@@H](O)CC(=O)Cc2nc(co2)C(=O)N2CCC=C2C(=O)O[C@H](C(C)C)[C@H](C)/C=C\C(=O)NC/C=C\1.CC[C@H]1NC(=O)[C@@H](NC(=O)c2ncccc2O)[C@@H](C)OC(=O)[C@H](c2ccccc2)NC(=O)[C@@H]2CC(=O)CCN2C(=O)C(Cc2ccccc2)N(C)C(=O)[C@@H]2CCCN2C1=O. The van der Waals surface area contributed by atoms with Crippen LogP contribution in [-0.2, 0) is 70.3 Å². The third-order valence-electron chi connectivity index (χ3n) is 17.4. The van der Waals surface area contributed by atoms with Gasteiger partial charge in [-0.3, -0.25) is 47.9 Å². The first-order valence-electron chi connectivity index (χ1n) is 32.8. The number of fused-ring (bicyclic) bond motifs is 5. The third-order valence-corrected chi connectivity index (χ3v) is 17.4. The first-order chi connectivity index (χ1) is 46.8. The zero-order valence-electron chi connectivity index (χ0n) is 55.8. The van der Waals surface area contributed by atoms with Crippen LogP contribution in [0.4, 0.5) is 0 Å². The number of carbonyl (C=O) groups is 12. The van der Waals surface area contributed by atoms with Crippen LogP contribution in [0, 0.1) is 11.8 Å². The number of allylic oxidation sites excluding steroid dienone is 2. The molecular formula is C71H84N10O17. The maximum Gasteiger partial charge on any atom is 0.355 e. The number of likely N-dealkylation sites (N-methyl/N-ethyl adjacent to an activating group) is 1. The van der Waals surface area contributed by atoms with Gasteiger partial charge >= 0.3 is 11.9 Å². The van der Waals surface area contributed by atoms with Gasteiger partial charge in [-0.1, -0.05) is 124 Å². The number of carbonyl (C=O) groups excluding carboxylic acids is 12. The van der Waals surface area contributed by atoms with E-state index in [9.17, 15) is 67.7 Å². The summed E-state index contributed by atoms with van der Waals surface area (Å²) in [7, 11) is 1.47. The summed E-state index contributed by atoms with van der Waals surface area (Å²) in [5.74, 6) is -8.36. The predicted octanol–water partition coefficient (Wildman–Crippen LogP) is 3.86. The Balaban J connectivity index is 0.000000277. The minimum Gasteiger partial charge on any atom is -0.505 e. The highest BCUT2D eigenvalue weighted by atomic mass is 16.6. The van der Waals surface area contributed by atoms with Gasteiger partial charge in [-0.25, -0.2) is 19.6 Å². The molecule has 520 valence electrons. The first kappa shape index (κ1) is 73.4. The monoisotopic (exact) mass is 1350 g/mol. The lowest BCUT2D eigenvalue weighted by Gasteiger charge is -2.40. The lowest BCUT2D eigenvalue weighted by atomic mass is 9.94. The minimum absolute atomic E-state index is 0.0315. The van der Waals surface area contributed by atoms with E-state index in [1.54, 1.807) is 98.8 Å². The number of cyclic esters (lactones) is 2. The number of hydrogen-bond acceptors (Lipinski definition) is 19. The summed E-state index contributed by atoms with van der Waals surface area (Å²) in [4.78, 5) is 177. The smallest absolute Gasteiger partial charge is 0.355 e. The van der Waals surface area contributed by atoms with Gasteiger partial charge in [-0.15, -0.1) is 0 Å². The molecule has 5 aliphatic heterocycles. The van der Waals surface area contributed by atoms with E-state index in [2.05, 4.69) is 31.2 Å². The number of pyridine rings is 1. The molecule has 0 aliphatic carbocycles. The van der Waals surface area contributed by atoms with E-state index in [4.69, 9.17) is 13.9 Å². The molecule has 0 saturated carbocycles. The molecule has 98 heavy (non-hydrogen) atoms. The second kappa shape index (κ2) is 34.0. The molecule has 27 heteroatoms. The van der Waals surface area contributed by atoms with Crippen LogP contribution in [0.2, 0.25) is 0 Å². The van der Waals surface area contributed by atoms with Crippen molar-refractivity contribution in [3.05, 3.63) is 161 Å². The van der Waals surface area contributed by atoms with Gasteiger partial charge in [0.15, 0.2) is 17.4 Å². The molecule has 2 aromatic carbocycles. The van der Waals surface area contributed by atoms with E-state index in [0.29, 0.717) is 12.8 Å². The van der Waals surface area contributed by atoms with E-state index < -0.39 is 119 Å². The topological polar surface area (TPSA) is 364 Å². The van der Waals surface area contributed by atoms with Crippen LogP contribution >= 0.6 is 0 Å². The van der Waals surface area contributed by atoms with Crippen molar-refractivity contribution >= 4 is 70.8 Å². The van der Waals surface area contributed by atoms with Gasteiger partial charge in [0.05, 0.1) is 12.5 Å². The highest BCUT2D eigenvalue weighted by Gasteiger charge is 2.46. The number of aliphatic hydroxyl groups is 1. The standard InChI is InChI=1S/C43H49N7O10.C28H35N3O7/c1-4-29-40(56)49-21-12-17-30(49)41(57)48(3)32(23-26-13-7-5-8-14-26)42(58)50-22-19-28(51)24-31(50)37(53)47-35(27-15-9-6-10-16-27)43(59)60-25(2)34(38(54)45-29)46-39(55)36-33(52)18-11-20-44-36;1-17(2)26-19(4)9-10-24(34)29-11-5-7-18(3)13-20(32)14-21(33)15-25-30-22(16-37-25)27(35)31-12-6-8-23(31)28(36)38-26/h5-11,13-16,18,20,25,29-32,34-35,52H,4,12,17,19,21-24H2,1-3H3,(H,45,54)(H,46,55)(H,47,53);5,7-10,13,16-17,19-20,26,32H,6,11-12,14-15H2,1-4H3,(H,29,34)/b;7-5-,10-9-,18-13-/t25-,29-,30+,31+,32?,34+,35+;19-,20-,26-/m11/s1. The van der Waals surface area contributed by atoms with Gasteiger partial charge in [-0.2, -0.15) is 0 Å².